The molecule has 3 rings (SSSR count). The van der Waals surface area contributed by atoms with Gasteiger partial charge in [-0.1, -0.05) is 92.0 Å². The number of fused-ring (bicyclic) bond motifs is 2. The zero-order chi connectivity index (χ0) is 48.1. The molecule has 0 aromatic heterocycles. The number of hydrogen-bond acceptors (Lipinski definition) is 18. The lowest BCUT2D eigenvalue weighted by Crippen LogP contribution is -2.59. The number of cyclic esters (lactones) is 1. The number of amides is 1. The second kappa shape index (κ2) is 28.6. The molecule has 19 heteroatoms. The Morgan fingerprint density at radius 3 is 1.94 bits per heavy atom. The van der Waals surface area contributed by atoms with E-state index in [1.165, 1.54) is 0 Å². The van der Waals surface area contributed by atoms with Crippen LogP contribution >= 0.6 is 0 Å². The first-order chi connectivity index (χ1) is 30.8. The van der Waals surface area contributed by atoms with Gasteiger partial charge in [-0.25, -0.2) is 0 Å². The molecule has 0 aromatic carbocycles. The quantitative estimate of drug-likeness (QED) is 0.119. The SMILES string of the molecule is C[C@H]1C[C@H](O)[C@@H](C)/C=C/C=C/C=C/C=C/C=C/C=C/C=C/C(O[C@@H]2OC[C@@H](O)[C@H](N)[C@@H]2O)C[C@@H]2OC(O)(CC(O)CC(O)C(O)CCC(O)CC(O)CC(=O)O1)C[C@H](O)[C@H]2C(=O)NCN. The topological polar surface area (TPSA) is 337 Å². The van der Waals surface area contributed by atoms with Crippen molar-refractivity contribution in [2.45, 2.75) is 163 Å². The van der Waals surface area contributed by atoms with E-state index < -0.39 is 135 Å². The van der Waals surface area contributed by atoms with Crippen molar-refractivity contribution in [3.05, 3.63) is 85.1 Å². The lowest BCUT2D eigenvalue weighted by atomic mass is 9.82. The fourth-order valence-corrected chi connectivity index (χ4v) is 7.73. The summed E-state index contributed by atoms with van der Waals surface area (Å²) in [5.74, 6) is -5.26. The second-order valence-corrected chi connectivity index (χ2v) is 17.1. The Morgan fingerprint density at radius 1 is 0.723 bits per heavy atom. The highest BCUT2D eigenvalue weighted by Crippen LogP contribution is 2.38. The normalized spacial score (nSPS) is 43.1. The Hall–Kier alpha value is -3.48. The number of aliphatic hydroxyl groups excluding tert-OH is 9. The van der Waals surface area contributed by atoms with Gasteiger partial charge in [-0.15, -0.1) is 0 Å². The average Bonchev–Trinajstić information content (AvgIpc) is 3.21. The van der Waals surface area contributed by atoms with Crippen LogP contribution in [0.15, 0.2) is 85.1 Å². The summed E-state index contributed by atoms with van der Waals surface area (Å²) < 4.78 is 23.1. The molecule has 0 aromatic rings. The van der Waals surface area contributed by atoms with Crippen molar-refractivity contribution in [1.82, 2.24) is 5.32 Å². The lowest BCUT2D eigenvalue weighted by Gasteiger charge is -2.45. The molecule has 3 aliphatic rings. The number of carbonyl (C=O) groups excluding carboxylic acids is 2. The molecule has 2 bridgehead atoms. The van der Waals surface area contributed by atoms with E-state index in [9.17, 15) is 60.7 Å². The van der Waals surface area contributed by atoms with E-state index >= 15 is 0 Å². The molecule has 3 aliphatic heterocycles. The standard InChI is InChI=1S/C46H73N3O16/c1-28-15-13-11-9-7-5-3-4-6-8-10-12-14-16-33(64-45-43(59)42(48)38(57)26-62-45)23-39-41(44(60)49-27-47)37(56)25-46(61,65-39)24-32(52)21-36(55)34(53)18-17-30(50)20-31(51)22-40(58)63-29(2)19-35(28)54/h3-16,28-39,41-43,45,50-57,59,61H,17-27,47-48H2,1-2H3,(H,49,60)/b4-3+,7-5+,8-6+,11-9+,12-10+,15-13+,16-14+/t28-,29-,30?,31?,32?,33?,34?,35-,36?,37-,38+,39-,41+,42-,43-,45-,46?/m0/s1. The second-order valence-electron chi connectivity index (χ2n) is 17.1. The van der Waals surface area contributed by atoms with Crippen molar-refractivity contribution >= 4 is 11.9 Å². The van der Waals surface area contributed by atoms with E-state index in [1.807, 2.05) is 37.3 Å². The summed E-state index contributed by atoms with van der Waals surface area (Å²) in [4.78, 5) is 25.8. The summed E-state index contributed by atoms with van der Waals surface area (Å²) in [5, 5.41) is 110. The van der Waals surface area contributed by atoms with Gasteiger partial charge in [0.05, 0.1) is 92.7 Å². The molecule has 0 aliphatic carbocycles. The monoisotopic (exact) mass is 923 g/mol. The highest BCUT2D eigenvalue weighted by molar-refractivity contribution is 5.80. The largest absolute Gasteiger partial charge is 0.462 e. The van der Waals surface area contributed by atoms with Crippen molar-refractivity contribution in [2.75, 3.05) is 13.3 Å². The van der Waals surface area contributed by atoms with Crippen molar-refractivity contribution in [3.63, 3.8) is 0 Å². The maximum atomic E-state index is 13.3. The van der Waals surface area contributed by atoms with Gasteiger partial charge in [0.2, 0.25) is 5.91 Å². The molecule has 368 valence electrons. The number of esters is 1. The van der Waals surface area contributed by atoms with Crippen LogP contribution in [0.1, 0.15) is 71.6 Å². The number of rotatable bonds is 4. The summed E-state index contributed by atoms with van der Waals surface area (Å²) in [5.41, 5.74) is 11.5. The predicted molar refractivity (Wildman–Crippen MR) is 237 cm³/mol. The molecular weight excluding hydrogens is 851 g/mol. The van der Waals surface area contributed by atoms with Crippen LogP contribution in [-0.2, 0) is 28.5 Å². The molecule has 0 spiro atoms. The van der Waals surface area contributed by atoms with Crippen LogP contribution in [-0.4, -0.2) is 168 Å². The van der Waals surface area contributed by atoms with Crippen LogP contribution < -0.4 is 16.8 Å². The third-order valence-corrected chi connectivity index (χ3v) is 11.3. The van der Waals surface area contributed by atoms with E-state index in [0.717, 1.165) is 0 Å². The van der Waals surface area contributed by atoms with Crippen molar-refractivity contribution in [3.8, 4) is 0 Å². The molecule has 15 N–H and O–H groups in total. The molecule has 3 heterocycles. The summed E-state index contributed by atoms with van der Waals surface area (Å²) in [6, 6.07) is -1.11. The lowest BCUT2D eigenvalue weighted by molar-refractivity contribution is -0.304. The summed E-state index contributed by atoms with van der Waals surface area (Å²) >= 11 is 0. The molecular formula is C46H73N3O16. The number of nitrogens with two attached hydrogens (primary N) is 2. The Bertz CT molecular complexity index is 1640. The first kappa shape index (κ1) is 55.8. The molecule has 17 atom stereocenters. The molecule has 0 radical (unpaired) electrons. The molecule has 65 heavy (non-hydrogen) atoms. The minimum atomic E-state index is -2.27. The fourth-order valence-electron chi connectivity index (χ4n) is 7.73. The maximum Gasteiger partial charge on any atom is 0.308 e. The van der Waals surface area contributed by atoms with Crippen LogP contribution in [0.3, 0.4) is 0 Å². The molecule has 7 unspecified atom stereocenters. The number of allylic oxidation sites excluding steroid dienone is 12. The number of nitrogens with one attached hydrogen (secondary N) is 1. The smallest absolute Gasteiger partial charge is 0.308 e. The molecule has 2 saturated heterocycles. The van der Waals surface area contributed by atoms with Gasteiger partial charge < -0.3 is 86.8 Å². The van der Waals surface area contributed by atoms with E-state index in [2.05, 4.69) is 5.32 Å². The van der Waals surface area contributed by atoms with E-state index in [0.29, 0.717) is 0 Å². The Labute approximate surface area is 380 Å². The zero-order valence-electron chi connectivity index (χ0n) is 37.2. The Kier molecular flexibility index (Phi) is 24.6. The first-order valence-corrected chi connectivity index (χ1v) is 22.2. The van der Waals surface area contributed by atoms with Gasteiger partial charge in [0.15, 0.2) is 12.1 Å². The molecule has 0 saturated carbocycles. The van der Waals surface area contributed by atoms with Gasteiger partial charge in [0.25, 0.3) is 0 Å². The van der Waals surface area contributed by atoms with Crippen LogP contribution in [0.25, 0.3) is 0 Å². The van der Waals surface area contributed by atoms with Gasteiger partial charge in [0.1, 0.15) is 12.2 Å². The molecule has 1 amide bonds. The minimum Gasteiger partial charge on any atom is -0.462 e. The highest BCUT2D eigenvalue weighted by atomic mass is 16.7. The minimum absolute atomic E-state index is 0.0935. The summed E-state index contributed by atoms with van der Waals surface area (Å²) in [7, 11) is 0. The molecule has 2 fully saturated rings. The number of hydrogen-bond donors (Lipinski definition) is 13. The van der Waals surface area contributed by atoms with Crippen molar-refractivity contribution in [1.29, 1.82) is 0 Å². The first-order valence-electron chi connectivity index (χ1n) is 22.2. The van der Waals surface area contributed by atoms with Gasteiger partial charge in [0, 0.05) is 38.0 Å². The highest BCUT2D eigenvalue weighted by Gasteiger charge is 2.50. The van der Waals surface area contributed by atoms with E-state index in [4.69, 9.17) is 30.4 Å². The number of carbonyl (C=O) groups is 2. The Morgan fingerprint density at radius 2 is 1.32 bits per heavy atom. The third-order valence-electron chi connectivity index (χ3n) is 11.3. The van der Waals surface area contributed by atoms with Gasteiger partial charge >= 0.3 is 5.97 Å². The number of aliphatic hydroxyl groups is 10. The van der Waals surface area contributed by atoms with E-state index in [1.54, 1.807) is 61.6 Å². The fraction of sp³-hybridized carbons (Fsp3) is 0.652. The zero-order valence-corrected chi connectivity index (χ0v) is 37.2. The van der Waals surface area contributed by atoms with Crippen molar-refractivity contribution in [2.24, 2.45) is 23.3 Å². The Balaban J connectivity index is 1.87. The van der Waals surface area contributed by atoms with Crippen LogP contribution in [0.5, 0.6) is 0 Å². The molecule has 19 nitrogen and oxygen atoms in total. The van der Waals surface area contributed by atoms with Gasteiger partial charge in [-0.2, -0.15) is 0 Å². The maximum absolute atomic E-state index is 13.3. The van der Waals surface area contributed by atoms with Gasteiger partial charge in [-0.3, -0.25) is 9.59 Å². The van der Waals surface area contributed by atoms with E-state index in [-0.39, 0.29) is 51.3 Å². The predicted octanol–water partition coefficient (Wildman–Crippen LogP) is -0.975. The van der Waals surface area contributed by atoms with Crippen LogP contribution in [0.4, 0.5) is 0 Å². The third kappa shape index (κ3) is 20.1. The van der Waals surface area contributed by atoms with Crippen LogP contribution in [0.2, 0.25) is 0 Å². The van der Waals surface area contributed by atoms with Crippen LogP contribution in [0, 0.1) is 11.8 Å². The average molecular weight is 924 g/mol. The van der Waals surface area contributed by atoms with Gasteiger partial charge in [-0.05, 0) is 26.2 Å². The van der Waals surface area contributed by atoms with Crippen molar-refractivity contribution < 1.29 is 79.6 Å². The number of ether oxygens (including phenoxy) is 4. The summed E-state index contributed by atoms with van der Waals surface area (Å²) in [6.07, 6.45) is 5.63. The summed E-state index contributed by atoms with van der Waals surface area (Å²) in [6.45, 7) is 2.92.